The van der Waals surface area contributed by atoms with Gasteiger partial charge in [0.1, 0.15) is 0 Å². The van der Waals surface area contributed by atoms with Crippen LogP contribution in [0.5, 0.6) is 0 Å². The molecule has 23 heavy (non-hydrogen) atoms. The van der Waals surface area contributed by atoms with Crippen molar-refractivity contribution in [2.24, 2.45) is 0 Å². The van der Waals surface area contributed by atoms with Crippen molar-refractivity contribution in [1.29, 1.82) is 0 Å². The molecule has 0 bridgehead atoms. The van der Waals surface area contributed by atoms with Crippen molar-refractivity contribution in [3.63, 3.8) is 0 Å². The Labute approximate surface area is 146 Å². The van der Waals surface area contributed by atoms with Crippen LogP contribution in [-0.4, -0.2) is 6.66 Å². The fourth-order valence-corrected chi connectivity index (χ4v) is 9.93. The molecule has 0 saturated heterocycles. The van der Waals surface area contributed by atoms with Crippen LogP contribution in [0.4, 0.5) is 0 Å². The maximum atomic E-state index is 4.33. The van der Waals surface area contributed by atoms with Gasteiger partial charge in [-0.3, -0.25) is 0 Å². The molecule has 116 valence electrons. The Morgan fingerprint density at radius 3 is 1.61 bits per heavy atom. The molecule has 0 aromatic heterocycles. The zero-order valence-electron chi connectivity index (χ0n) is 13.2. The number of rotatable bonds is 1. The number of hydrogen-bond acceptors (Lipinski definition) is 0. The Morgan fingerprint density at radius 2 is 1.09 bits per heavy atom. The second-order valence-electron chi connectivity index (χ2n) is 6.85. The molecule has 1 heterocycles. The van der Waals surface area contributed by atoms with E-state index >= 15 is 0 Å². The summed E-state index contributed by atoms with van der Waals surface area (Å²) < 4.78 is 0. The molecule has 0 aliphatic carbocycles. The molecule has 0 amide bonds. The van der Waals surface area contributed by atoms with Crippen LogP contribution < -0.4 is 5.30 Å². The summed E-state index contributed by atoms with van der Waals surface area (Å²) in [6.07, 6.45) is 2.20. The van der Waals surface area contributed by atoms with Gasteiger partial charge in [0.25, 0.3) is 0 Å². The van der Waals surface area contributed by atoms with Crippen LogP contribution in [0.1, 0.15) is 11.1 Å². The molecule has 4 rings (SSSR count). The molecule has 3 aromatic carbocycles. The monoisotopic (exact) mass is 382 g/mol. The van der Waals surface area contributed by atoms with Crippen molar-refractivity contribution in [2.75, 3.05) is 6.66 Å². The quantitative estimate of drug-likeness (QED) is 0.440. The minimum absolute atomic E-state index is 1.10. The van der Waals surface area contributed by atoms with Crippen LogP contribution in [0, 0.1) is 0 Å². The van der Waals surface area contributed by atoms with Gasteiger partial charge in [0.05, 0.1) is 0 Å². The molecule has 0 saturated carbocycles. The van der Waals surface area contributed by atoms with Gasteiger partial charge in [-0.1, -0.05) is 0 Å². The van der Waals surface area contributed by atoms with E-state index in [1.807, 2.05) is 0 Å². The van der Waals surface area contributed by atoms with E-state index < -0.39 is 5.31 Å². The summed E-state index contributed by atoms with van der Waals surface area (Å²) in [5.41, 5.74) is 5.70. The predicted octanol–water partition coefficient (Wildman–Crippen LogP) is 6.19. The van der Waals surface area contributed by atoms with Crippen LogP contribution in [0.15, 0.2) is 78.9 Å². The Kier molecular flexibility index (Phi) is 3.48. The second-order valence-corrected chi connectivity index (χ2v) is 18.0. The molecule has 0 atom stereocenters. The third-order valence-corrected chi connectivity index (χ3v) is 11.7. The van der Waals surface area contributed by atoms with Gasteiger partial charge in [-0.25, -0.2) is 0 Å². The van der Waals surface area contributed by atoms with Gasteiger partial charge < -0.3 is 0 Å². The van der Waals surface area contributed by atoms with Crippen molar-refractivity contribution >= 4 is 26.1 Å². The zero-order valence-corrected chi connectivity index (χ0v) is 15.7. The predicted molar refractivity (Wildman–Crippen MR) is 107 cm³/mol. The van der Waals surface area contributed by atoms with Crippen LogP contribution in [0.3, 0.4) is 0 Å². The van der Waals surface area contributed by atoms with Gasteiger partial charge in [-0.2, -0.15) is 0 Å². The molecule has 1 aliphatic rings. The molecular formula is C21H20BrP. The fourth-order valence-electron chi connectivity index (χ4n) is 3.81. The molecule has 0 N–H and O–H groups in total. The first-order valence-electron chi connectivity index (χ1n) is 7.99. The van der Waals surface area contributed by atoms with E-state index in [2.05, 4.69) is 101 Å². The van der Waals surface area contributed by atoms with E-state index in [1.54, 1.807) is 0 Å². The third kappa shape index (κ3) is 2.57. The van der Waals surface area contributed by atoms with Crippen LogP contribution in [-0.2, 0) is 12.3 Å². The Balaban J connectivity index is 2.01. The van der Waals surface area contributed by atoms with Crippen molar-refractivity contribution in [2.45, 2.75) is 12.3 Å². The zero-order chi connectivity index (χ0) is 15.9. The average molecular weight is 383 g/mol. The van der Waals surface area contributed by atoms with Gasteiger partial charge in [0.15, 0.2) is 0 Å². The average Bonchev–Trinajstić information content (AvgIpc) is 2.67. The van der Waals surface area contributed by atoms with E-state index in [0.29, 0.717) is 0 Å². The Morgan fingerprint density at radius 1 is 0.652 bits per heavy atom. The fraction of sp³-hybridized carbons (Fsp3) is 0.143. The number of fused-ring (bicyclic) bond motifs is 3. The van der Waals surface area contributed by atoms with E-state index in [-0.39, 0.29) is 0 Å². The standard InChI is InChI=1S/C21H20BrP/c1-23(22,19-11-3-2-4-12-19)15-17-9-5-7-13-20(17)21-14-8-6-10-18(21)16-23/h2-14H,15-16H2,1H3. The molecule has 0 unspecified atom stereocenters. The van der Waals surface area contributed by atoms with E-state index in [9.17, 15) is 0 Å². The summed E-state index contributed by atoms with van der Waals surface area (Å²) in [7, 11) is 0. The summed E-state index contributed by atoms with van der Waals surface area (Å²) in [5, 5.41) is -0.783. The van der Waals surface area contributed by atoms with Gasteiger partial charge in [-0.15, -0.1) is 0 Å². The van der Waals surface area contributed by atoms with Gasteiger partial charge in [0, 0.05) is 0 Å². The maximum absolute atomic E-state index is 4.33. The van der Waals surface area contributed by atoms with E-state index in [4.69, 9.17) is 0 Å². The molecule has 1 aliphatic heterocycles. The van der Waals surface area contributed by atoms with Crippen LogP contribution in [0.25, 0.3) is 11.1 Å². The molecular weight excluding hydrogens is 363 g/mol. The third-order valence-electron chi connectivity index (χ3n) is 4.96. The molecule has 0 fully saturated rings. The van der Waals surface area contributed by atoms with Crippen LogP contribution >= 0.6 is 20.8 Å². The Hall–Kier alpha value is -1.43. The first-order chi connectivity index (χ1) is 11.1. The van der Waals surface area contributed by atoms with Gasteiger partial charge in [-0.05, 0) is 0 Å². The van der Waals surface area contributed by atoms with Gasteiger partial charge in [0.2, 0.25) is 0 Å². The van der Waals surface area contributed by atoms with E-state index in [0.717, 1.165) is 12.3 Å². The SMILES string of the molecule is CP1(Br)(c2ccccc2)Cc2ccccc2-c2ccccc2C1. The molecule has 3 aromatic rings. The summed E-state index contributed by atoms with van der Waals surface area (Å²) in [5.74, 6) is 0. The minimum atomic E-state index is -2.25. The topological polar surface area (TPSA) is 0 Å². The molecule has 2 heteroatoms. The Bertz CT molecular complexity index is 816. The number of hydrogen-bond donors (Lipinski definition) is 0. The van der Waals surface area contributed by atoms with Crippen LogP contribution in [0.2, 0.25) is 0 Å². The first-order valence-corrected chi connectivity index (χ1v) is 13.1. The summed E-state index contributed by atoms with van der Waals surface area (Å²) in [4.78, 5) is 0. The molecule has 0 nitrogen and oxygen atoms in total. The number of halogens is 1. The summed E-state index contributed by atoms with van der Waals surface area (Å²) in [6.45, 7) is 2.47. The molecule has 0 radical (unpaired) electrons. The van der Waals surface area contributed by atoms with Crippen molar-refractivity contribution in [1.82, 2.24) is 0 Å². The molecule has 0 spiro atoms. The van der Waals surface area contributed by atoms with Crippen molar-refractivity contribution in [3.05, 3.63) is 90.0 Å². The first kappa shape index (κ1) is 15.1. The van der Waals surface area contributed by atoms with Crippen molar-refractivity contribution in [3.8, 4) is 11.1 Å². The number of benzene rings is 3. The summed E-state index contributed by atoms with van der Waals surface area (Å²) >= 11 is 4.33. The normalized spacial score (nSPS) is 19.5. The second kappa shape index (κ2) is 5.30. The summed E-state index contributed by atoms with van der Waals surface area (Å²) in [6, 6.07) is 28.8. The van der Waals surface area contributed by atoms with Crippen molar-refractivity contribution < 1.29 is 0 Å². The van der Waals surface area contributed by atoms with Gasteiger partial charge >= 0.3 is 146 Å². The van der Waals surface area contributed by atoms with E-state index in [1.165, 1.54) is 27.6 Å².